The Morgan fingerprint density at radius 1 is 1.48 bits per heavy atom. The maximum atomic E-state index is 13.3. The largest absolute Gasteiger partial charge is 0.395 e. The van der Waals surface area contributed by atoms with Crippen LogP contribution >= 0.6 is 0 Å². The molecule has 1 aromatic rings. The molecule has 1 saturated heterocycles. The molecule has 6 heteroatoms. The summed E-state index contributed by atoms with van der Waals surface area (Å²) >= 11 is 0. The van der Waals surface area contributed by atoms with E-state index < -0.39 is 11.9 Å². The lowest BCUT2D eigenvalue weighted by Crippen LogP contribution is -2.39. The lowest BCUT2D eigenvalue weighted by molar-refractivity contribution is -0.142. The lowest BCUT2D eigenvalue weighted by Gasteiger charge is -2.22. The van der Waals surface area contributed by atoms with E-state index in [1.54, 1.807) is 0 Å². The highest BCUT2D eigenvalue weighted by molar-refractivity contribution is 5.95. The Balaban J connectivity index is 2.11. The summed E-state index contributed by atoms with van der Waals surface area (Å²) in [5.41, 5.74) is 0.759. The average molecular weight is 293 g/mol. The van der Waals surface area contributed by atoms with Crippen molar-refractivity contribution in [3.8, 4) is 11.8 Å². The van der Waals surface area contributed by atoms with Gasteiger partial charge in [0.15, 0.2) is 6.10 Å². The third-order valence-electron chi connectivity index (χ3n) is 2.81. The molecule has 1 unspecified atom stereocenters. The van der Waals surface area contributed by atoms with Crippen LogP contribution in [0.5, 0.6) is 0 Å². The fraction of sp³-hybridized carbons (Fsp3) is 0.400. The zero-order chi connectivity index (χ0) is 15.1. The number of amides is 1. The van der Waals surface area contributed by atoms with Gasteiger partial charge in [-0.1, -0.05) is 11.8 Å². The van der Waals surface area contributed by atoms with Crippen molar-refractivity contribution in [3.63, 3.8) is 0 Å². The van der Waals surface area contributed by atoms with Crippen molar-refractivity contribution in [1.29, 1.82) is 0 Å². The molecular weight excluding hydrogens is 277 g/mol. The first-order valence-corrected chi connectivity index (χ1v) is 6.60. The third-order valence-corrected chi connectivity index (χ3v) is 2.81. The van der Waals surface area contributed by atoms with Gasteiger partial charge in [0.1, 0.15) is 5.82 Å². The van der Waals surface area contributed by atoms with Gasteiger partial charge in [-0.3, -0.25) is 4.79 Å². The van der Waals surface area contributed by atoms with Crippen LogP contribution in [0.2, 0.25) is 0 Å². The van der Waals surface area contributed by atoms with Crippen LogP contribution in [0.25, 0.3) is 0 Å². The molecule has 1 atom stereocenters. The molecule has 1 heterocycles. The smallest absolute Gasteiger partial charge is 0.255 e. The number of nitrogens with one attached hydrogen (secondary N) is 1. The van der Waals surface area contributed by atoms with E-state index in [0.717, 1.165) is 0 Å². The first kappa shape index (κ1) is 15.4. The van der Waals surface area contributed by atoms with Crippen molar-refractivity contribution >= 4 is 11.6 Å². The van der Waals surface area contributed by atoms with Crippen molar-refractivity contribution in [2.45, 2.75) is 12.5 Å². The molecule has 0 spiro atoms. The van der Waals surface area contributed by atoms with Gasteiger partial charge in [-0.05, 0) is 18.2 Å². The molecule has 1 aromatic carbocycles. The molecule has 0 radical (unpaired) electrons. The Bertz CT molecular complexity index is 559. The van der Waals surface area contributed by atoms with E-state index in [-0.39, 0.29) is 25.5 Å². The normalized spacial score (nSPS) is 17.7. The van der Waals surface area contributed by atoms with Crippen molar-refractivity contribution in [1.82, 2.24) is 0 Å². The maximum absolute atomic E-state index is 13.3. The number of rotatable bonds is 3. The standard InChI is InChI=1S/C15H16FNO4/c16-12-4-5-13(11(9-12)3-1-2-6-18)17-15(19)14-10-20-7-8-21-14/h4-5,9,14,18H,2,6-8,10H2,(H,17,19). The molecule has 2 N–H and O–H groups in total. The Morgan fingerprint density at radius 2 is 2.33 bits per heavy atom. The molecule has 1 aliphatic heterocycles. The first-order valence-electron chi connectivity index (χ1n) is 6.60. The van der Waals surface area contributed by atoms with Gasteiger partial charge in [-0.2, -0.15) is 0 Å². The van der Waals surface area contributed by atoms with E-state index in [0.29, 0.717) is 24.5 Å². The van der Waals surface area contributed by atoms with Gasteiger partial charge < -0.3 is 19.9 Å². The van der Waals surface area contributed by atoms with Crippen molar-refractivity contribution in [3.05, 3.63) is 29.6 Å². The van der Waals surface area contributed by atoms with Crippen LogP contribution in [-0.2, 0) is 14.3 Å². The molecule has 1 aliphatic rings. The van der Waals surface area contributed by atoms with Gasteiger partial charge in [0, 0.05) is 6.42 Å². The predicted molar refractivity (Wildman–Crippen MR) is 74.2 cm³/mol. The Hall–Kier alpha value is -1.94. The highest BCUT2D eigenvalue weighted by atomic mass is 19.1. The van der Waals surface area contributed by atoms with Gasteiger partial charge in [0.25, 0.3) is 5.91 Å². The minimum Gasteiger partial charge on any atom is -0.395 e. The zero-order valence-electron chi connectivity index (χ0n) is 11.4. The SMILES string of the molecule is O=C(Nc1ccc(F)cc1C#CCCO)C1COCCO1. The lowest BCUT2D eigenvalue weighted by atomic mass is 10.1. The van der Waals surface area contributed by atoms with E-state index in [9.17, 15) is 9.18 Å². The molecule has 1 fully saturated rings. The Morgan fingerprint density at radius 3 is 3.05 bits per heavy atom. The number of aliphatic hydroxyl groups excluding tert-OH is 1. The van der Waals surface area contributed by atoms with Crippen LogP contribution in [0, 0.1) is 17.7 Å². The molecule has 0 aliphatic carbocycles. The fourth-order valence-corrected chi connectivity index (χ4v) is 1.79. The predicted octanol–water partition coefficient (Wildman–Crippen LogP) is 0.913. The minimum atomic E-state index is -0.679. The maximum Gasteiger partial charge on any atom is 0.255 e. The second-order valence-corrected chi connectivity index (χ2v) is 4.39. The molecular formula is C15H16FNO4. The summed E-state index contributed by atoms with van der Waals surface area (Å²) in [5, 5.41) is 11.4. The number of hydrogen-bond acceptors (Lipinski definition) is 4. The van der Waals surface area contributed by atoms with Crippen LogP contribution in [-0.4, -0.2) is 43.5 Å². The van der Waals surface area contributed by atoms with Gasteiger partial charge in [-0.25, -0.2) is 4.39 Å². The van der Waals surface area contributed by atoms with Gasteiger partial charge >= 0.3 is 0 Å². The molecule has 2 rings (SSSR count). The van der Waals surface area contributed by atoms with Gasteiger partial charge in [0.2, 0.25) is 0 Å². The minimum absolute atomic E-state index is 0.0722. The van der Waals surface area contributed by atoms with E-state index in [2.05, 4.69) is 17.2 Å². The van der Waals surface area contributed by atoms with Crippen LogP contribution in [0.4, 0.5) is 10.1 Å². The molecule has 5 nitrogen and oxygen atoms in total. The number of anilines is 1. The average Bonchev–Trinajstić information content (AvgIpc) is 2.51. The van der Waals surface area contributed by atoms with E-state index in [1.165, 1.54) is 18.2 Å². The van der Waals surface area contributed by atoms with Gasteiger partial charge in [-0.15, -0.1) is 0 Å². The van der Waals surface area contributed by atoms with E-state index in [4.69, 9.17) is 14.6 Å². The molecule has 0 aromatic heterocycles. The van der Waals surface area contributed by atoms with Crippen molar-refractivity contribution < 1.29 is 23.8 Å². The highest BCUT2D eigenvalue weighted by Crippen LogP contribution is 2.17. The quantitative estimate of drug-likeness (QED) is 0.813. The molecule has 0 bridgehead atoms. The molecule has 0 saturated carbocycles. The number of aliphatic hydroxyl groups is 1. The van der Waals surface area contributed by atoms with Crippen LogP contribution in [0.15, 0.2) is 18.2 Å². The number of halogens is 1. The second-order valence-electron chi connectivity index (χ2n) is 4.39. The van der Waals surface area contributed by atoms with Crippen LogP contribution in [0.1, 0.15) is 12.0 Å². The van der Waals surface area contributed by atoms with E-state index in [1.807, 2.05) is 0 Å². The summed E-state index contributed by atoms with van der Waals surface area (Å²) in [7, 11) is 0. The Kier molecular flexibility index (Phi) is 5.69. The summed E-state index contributed by atoms with van der Waals surface area (Å²) in [6.45, 7) is 0.957. The summed E-state index contributed by atoms with van der Waals surface area (Å²) in [6, 6.07) is 3.92. The summed E-state index contributed by atoms with van der Waals surface area (Å²) in [5.74, 6) is 4.62. The number of carbonyl (C=O) groups excluding carboxylic acids is 1. The number of carbonyl (C=O) groups is 1. The summed E-state index contributed by atoms with van der Waals surface area (Å²) in [6.07, 6.45) is -0.397. The number of ether oxygens (including phenoxy) is 2. The first-order chi connectivity index (χ1) is 10.2. The van der Waals surface area contributed by atoms with Crippen LogP contribution < -0.4 is 5.32 Å². The molecule has 1 amide bonds. The third kappa shape index (κ3) is 4.53. The number of hydrogen-bond donors (Lipinski definition) is 2. The van der Waals surface area contributed by atoms with Crippen molar-refractivity contribution in [2.24, 2.45) is 0 Å². The molecule has 21 heavy (non-hydrogen) atoms. The monoisotopic (exact) mass is 293 g/mol. The molecule has 112 valence electrons. The second kappa shape index (κ2) is 7.74. The highest BCUT2D eigenvalue weighted by Gasteiger charge is 2.23. The van der Waals surface area contributed by atoms with Crippen molar-refractivity contribution in [2.75, 3.05) is 31.7 Å². The van der Waals surface area contributed by atoms with E-state index >= 15 is 0 Å². The zero-order valence-corrected chi connectivity index (χ0v) is 11.4. The number of benzene rings is 1. The summed E-state index contributed by atoms with van der Waals surface area (Å²) in [4.78, 5) is 12.0. The Labute approximate surface area is 122 Å². The summed E-state index contributed by atoms with van der Waals surface area (Å²) < 4.78 is 23.7. The van der Waals surface area contributed by atoms with Gasteiger partial charge in [0.05, 0.1) is 37.7 Å². The fourth-order valence-electron chi connectivity index (χ4n) is 1.79. The topological polar surface area (TPSA) is 67.8 Å². The van der Waals surface area contributed by atoms with Crippen LogP contribution in [0.3, 0.4) is 0 Å².